The summed E-state index contributed by atoms with van der Waals surface area (Å²) in [6.45, 7) is -0.136. The maximum atomic E-state index is 13.4. The van der Waals surface area contributed by atoms with Gasteiger partial charge >= 0.3 is 0 Å². The number of halogens is 2. The largest absolute Gasteiger partial charge is 0.472 e. The first-order chi connectivity index (χ1) is 8.98. The van der Waals surface area contributed by atoms with Crippen LogP contribution in [0.4, 0.5) is 4.39 Å². The molecule has 0 aliphatic heterocycles. The molecule has 1 heterocycles. The summed E-state index contributed by atoms with van der Waals surface area (Å²) in [5.41, 5.74) is 0.297. The van der Waals surface area contributed by atoms with Gasteiger partial charge in [0.05, 0.1) is 0 Å². The van der Waals surface area contributed by atoms with E-state index >= 15 is 0 Å². The van der Waals surface area contributed by atoms with Crippen LogP contribution in [0.3, 0.4) is 0 Å². The summed E-state index contributed by atoms with van der Waals surface area (Å²) in [5.74, 6) is -0.588. The van der Waals surface area contributed by atoms with Crippen LogP contribution in [0.1, 0.15) is 5.56 Å². The lowest BCUT2D eigenvalue weighted by atomic mass is 10.2. The Kier molecular flexibility index (Phi) is 4.01. The van der Waals surface area contributed by atoms with Crippen LogP contribution in [0.15, 0.2) is 47.5 Å². The molecule has 0 aliphatic carbocycles. The molecule has 19 heavy (non-hydrogen) atoms. The van der Waals surface area contributed by atoms with Crippen molar-refractivity contribution in [2.24, 2.45) is 0 Å². The molecule has 0 unspecified atom stereocenters. The molecule has 0 fully saturated rings. The smallest absolute Gasteiger partial charge is 0.266 e. The molecule has 0 amide bonds. The van der Waals surface area contributed by atoms with Gasteiger partial charge in [0.2, 0.25) is 5.88 Å². The van der Waals surface area contributed by atoms with Crippen molar-refractivity contribution in [2.75, 3.05) is 0 Å². The number of benzene rings is 1. The van der Waals surface area contributed by atoms with E-state index in [0.29, 0.717) is 5.56 Å². The van der Waals surface area contributed by atoms with Crippen molar-refractivity contribution >= 4 is 19.7 Å². The van der Waals surface area contributed by atoms with Crippen molar-refractivity contribution in [1.82, 2.24) is 4.98 Å². The Morgan fingerprint density at radius 2 is 1.95 bits per heavy atom. The average Bonchev–Trinajstić information content (AvgIpc) is 2.37. The third-order valence-electron chi connectivity index (χ3n) is 2.32. The molecule has 0 N–H and O–H groups in total. The maximum Gasteiger partial charge on any atom is 0.266 e. The zero-order valence-electron chi connectivity index (χ0n) is 9.58. The Morgan fingerprint density at radius 3 is 2.63 bits per heavy atom. The van der Waals surface area contributed by atoms with Crippen LogP contribution in [0.5, 0.6) is 5.88 Å². The van der Waals surface area contributed by atoms with Crippen LogP contribution in [-0.2, 0) is 15.7 Å². The molecule has 4 nitrogen and oxygen atoms in total. The van der Waals surface area contributed by atoms with Gasteiger partial charge in [0.25, 0.3) is 9.05 Å². The van der Waals surface area contributed by atoms with Crippen molar-refractivity contribution in [3.8, 4) is 5.88 Å². The second kappa shape index (κ2) is 5.54. The summed E-state index contributed by atoms with van der Waals surface area (Å²) >= 11 is 0. The highest BCUT2D eigenvalue weighted by Crippen LogP contribution is 2.24. The lowest BCUT2D eigenvalue weighted by Crippen LogP contribution is -2.03. The van der Waals surface area contributed by atoms with Crippen LogP contribution in [0.25, 0.3) is 0 Å². The van der Waals surface area contributed by atoms with Crippen molar-refractivity contribution in [3.05, 3.63) is 54.0 Å². The van der Waals surface area contributed by atoms with Crippen LogP contribution < -0.4 is 4.74 Å². The Hall–Kier alpha value is -1.66. The molecular weight excluding hydrogens is 293 g/mol. The summed E-state index contributed by atoms with van der Waals surface area (Å²) in [7, 11) is 1.30. The maximum absolute atomic E-state index is 13.4. The predicted molar refractivity (Wildman–Crippen MR) is 68.0 cm³/mol. The van der Waals surface area contributed by atoms with Crippen molar-refractivity contribution in [2.45, 2.75) is 11.5 Å². The number of ether oxygens (including phenoxy) is 1. The van der Waals surface area contributed by atoms with Gasteiger partial charge in [-0.15, -0.1) is 0 Å². The van der Waals surface area contributed by atoms with Gasteiger partial charge in [-0.05, 0) is 18.2 Å². The Labute approximate surface area is 114 Å². The van der Waals surface area contributed by atoms with Crippen LogP contribution in [0.2, 0.25) is 0 Å². The van der Waals surface area contributed by atoms with Gasteiger partial charge in [0.15, 0.2) is 0 Å². The number of rotatable bonds is 4. The second-order valence-electron chi connectivity index (χ2n) is 3.62. The third-order valence-corrected chi connectivity index (χ3v) is 3.66. The molecule has 2 rings (SSSR count). The molecule has 2 aromatic rings. The van der Waals surface area contributed by atoms with Gasteiger partial charge in [0, 0.05) is 22.4 Å². The highest BCUT2D eigenvalue weighted by atomic mass is 35.7. The highest BCUT2D eigenvalue weighted by molar-refractivity contribution is 8.13. The fourth-order valence-electron chi connectivity index (χ4n) is 1.43. The summed E-state index contributed by atoms with van der Waals surface area (Å²) < 4.78 is 41.2. The molecule has 0 radical (unpaired) electrons. The molecule has 0 bridgehead atoms. The first-order valence-corrected chi connectivity index (χ1v) is 7.55. The van der Waals surface area contributed by atoms with E-state index in [1.165, 1.54) is 30.5 Å². The molecule has 7 heteroatoms. The van der Waals surface area contributed by atoms with Crippen LogP contribution >= 0.6 is 10.7 Å². The predicted octanol–water partition coefficient (Wildman–Crippen LogP) is 2.73. The van der Waals surface area contributed by atoms with Crippen molar-refractivity contribution in [3.63, 3.8) is 0 Å². The Morgan fingerprint density at radius 1 is 1.21 bits per heavy atom. The SMILES string of the molecule is O=S(=O)(Cl)c1cccnc1OCc1ccccc1F. The summed E-state index contributed by atoms with van der Waals surface area (Å²) in [6, 6.07) is 8.72. The van der Waals surface area contributed by atoms with Crippen LogP contribution in [-0.4, -0.2) is 13.4 Å². The molecule has 1 aromatic carbocycles. The third kappa shape index (κ3) is 3.42. The molecule has 0 spiro atoms. The van der Waals surface area contributed by atoms with Gasteiger partial charge in [-0.3, -0.25) is 0 Å². The van der Waals surface area contributed by atoms with Gasteiger partial charge in [-0.2, -0.15) is 0 Å². The molecule has 100 valence electrons. The zero-order chi connectivity index (χ0) is 13.9. The number of pyridine rings is 1. The fourth-order valence-corrected chi connectivity index (χ4v) is 2.35. The molecular formula is C12H9ClFNO3S. The topological polar surface area (TPSA) is 56.3 Å². The Balaban J connectivity index is 2.24. The quantitative estimate of drug-likeness (QED) is 0.815. The molecule has 0 aliphatic rings. The number of hydrogen-bond acceptors (Lipinski definition) is 4. The number of aromatic nitrogens is 1. The first-order valence-electron chi connectivity index (χ1n) is 5.24. The Bertz CT molecular complexity index is 691. The lowest BCUT2D eigenvalue weighted by molar-refractivity contribution is 0.280. The number of hydrogen-bond donors (Lipinski definition) is 0. The van der Waals surface area contributed by atoms with Gasteiger partial charge in [0.1, 0.15) is 17.3 Å². The minimum absolute atomic E-state index is 0.136. The zero-order valence-corrected chi connectivity index (χ0v) is 11.2. The standard InChI is InChI=1S/C12H9ClFNO3S/c13-19(16,17)11-6-3-7-15-12(11)18-8-9-4-1-2-5-10(9)14/h1-7H,8H2. The van der Waals surface area contributed by atoms with Crippen LogP contribution in [0, 0.1) is 5.82 Å². The van der Waals surface area contributed by atoms with E-state index in [4.69, 9.17) is 15.4 Å². The number of nitrogens with zero attached hydrogens (tertiary/aromatic N) is 1. The average molecular weight is 302 g/mol. The summed E-state index contributed by atoms with van der Waals surface area (Å²) in [4.78, 5) is 3.54. The van der Waals surface area contributed by atoms with E-state index in [1.54, 1.807) is 12.1 Å². The lowest BCUT2D eigenvalue weighted by Gasteiger charge is -2.08. The van der Waals surface area contributed by atoms with Gasteiger partial charge in [-0.1, -0.05) is 18.2 Å². The van der Waals surface area contributed by atoms with E-state index in [0.717, 1.165) is 0 Å². The normalized spacial score (nSPS) is 11.3. The fraction of sp³-hybridized carbons (Fsp3) is 0.0833. The molecule has 0 atom stereocenters. The van der Waals surface area contributed by atoms with Crippen molar-refractivity contribution in [1.29, 1.82) is 0 Å². The summed E-state index contributed by atoms with van der Waals surface area (Å²) in [6.07, 6.45) is 1.36. The van der Waals surface area contributed by atoms with Crippen molar-refractivity contribution < 1.29 is 17.5 Å². The van der Waals surface area contributed by atoms with Gasteiger partial charge in [-0.25, -0.2) is 17.8 Å². The van der Waals surface area contributed by atoms with E-state index < -0.39 is 14.9 Å². The summed E-state index contributed by atoms with van der Waals surface area (Å²) in [5, 5.41) is 0. The minimum Gasteiger partial charge on any atom is -0.472 e. The van der Waals surface area contributed by atoms with E-state index in [9.17, 15) is 12.8 Å². The molecule has 0 saturated carbocycles. The van der Waals surface area contributed by atoms with E-state index in [2.05, 4.69) is 4.98 Å². The molecule has 0 saturated heterocycles. The monoisotopic (exact) mass is 301 g/mol. The first kappa shape index (κ1) is 13.8. The van der Waals surface area contributed by atoms with E-state index in [-0.39, 0.29) is 17.4 Å². The second-order valence-corrected chi connectivity index (χ2v) is 6.16. The van der Waals surface area contributed by atoms with E-state index in [1.807, 2.05) is 0 Å². The minimum atomic E-state index is -3.96. The van der Waals surface area contributed by atoms with Gasteiger partial charge < -0.3 is 4.74 Å². The molecule has 1 aromatic heterocycles. The highest BCUT2D eigenvalue weighted by Gasteiger charge is 2.18.